The lowest BCUT2D eigenvalue weighted by atomic mass is 9.82. The average Bonchev–Trinajstić information content (AvgIpc) is 3.03. The zero-order valence-electron chi connectivity index (χ0n) is 20.2. The second kappa shape index (κ2) is 10.9. The van der Waals surface area contributed by atoms with Gasteiger partial charge >= 0.3 is 0 Å². The van der Waals surface area contributed by atoms with E-state index >= 15 is 0 Å². The highest BCUT2D eigenvalue weighted by molar-refractivity contribution is 5.86. The molecule has 31 heavy (non-hydrogen) atoms. The van der Waals surface area contributed by atoms with E-state index in [1.807, 2.05) is 13.4 Å². The molecule has 2 unspecified atom stereocenters. The quantitative estimate of drug-likeness (QED) is 0.274. The normalized spacial score (nSPS) is 21.4. The molecule has 1 aliphatic heterocycles. The minimum atomic E-state index is 0.237. The molecule has 3 heteroatoms. The zero-order chi connectivity index (χ0) is 22.4. The lowest BCUT2D eigenvalue weighted by Crippen LogP contribution is -2.44. The van der Waals surface area contributed by atoms with E-state index in [0.29, 0.717) is 5.92 Å². The number of anilines is 1. The molecule has 1 heterocycles. The summed E-state index contributed by atoms with van der Waals surface area (Å²) in [6.45, 7) is 17.8. The van der Waals surface area contributed by atoms with Gasteiger partial charge < -0.3 is 4.90 Å². The van der Waals surface area contributed by atoms with Crippen molar-refractivity contribution < 1.29 is 0 Å². The Morgan fingerprint density at radius 2 is 1.77 bits per heavy atom. The van der Waals surface area contributed by atoms with E-state index in [4.69, 9.17) is 6.58 Å². The van der Waals surface area contributed by atoms with Gasteiger partial charge in [0.2, 0.25) is 0 Å². The number of nitrogens with zero attached hydrogens (tertiary/aromatic N) is 3. The van der Waals surface area contributed by atoms with E-state index in [1.54, 1.807) is 0 Å². The molecular formula is C28H41N3. The van der Waals surface area contributed by atoms with Crippen LogP contribution in [0.4, 0.5) is 5.69 Å². The summed E-state index contributed by atoms with van der Waals surface area (Å²) in [4.78, 5) is 9.38. The minimum Gasteiger partial charge on any atom is -0.303 e. The van der Waals surface area contributed by atoms with Crippen molar-refractivity contribution in [3.8, 4) is 0 Å². The maximum atomic E-state index is 4.70. The number of aliphatic imine (C=N–C) groups is 1. The van der Waals surface area contributed by atoms with Gasteiger partial charge in [0.05, 0.1) is 18.1 Å². The van der Waals surface area contributed by atoms with Gasteiger partial charge in [-0.1, -0.05) is 61.4 Å². The Kier molecular flexibility index (Phi) is 8.31. The number of aryl methyl sites for hydroxylation is 2. The Balaban J connectivity index is 2.00. The average molecular weight is 420 g/mol. The molecule has 1 fully saturated rings. The molecule has 0 aromatic heterocycles. The number of hydrogen-bond acceptors (Lipinski definition) is 2. The van der Waals surface area contributed by atoms with Crippen LogP contribution in [0.25, 0.3) is 0 Å². The van der Waals surface area contributed by atoms with E-state index in [9.17, 15) is 0 Å². The number of allylic oxidation sites excluding steroid dienone is 2. The molecule has 1 aromatic carbocycles. The van der Waals surface area contributed by atoms with Crippen LogP contribution < -0.4 is 4.90 Å². The van der Waals surface area contributed by atoms with Crippen LogP contribution in [-0.4, -0.2) is 37.4 Å². The van der Waals surface area contributed by atoms with Gasteiger partial charge in [-0.25, -0.2) is 0 Å². The molecule has 0 amide bonds. The second-order valence-electron chi connectivity index (χ2n) is 9.42. The molecule has 2 atom stereocenters. The Bertz CT molecular complexity index is 820. The number of para-hydroxylation sites is 1. The van der Waals surface area contributed by atoms with Crippen molar-refractivity contribution in [3.05, 3.63) is 65.4 Å². The van der Waals surface area contributed by atoms with Crippen LogP contribution in [0.15, 0.2) is 59.3 Å². The summed E-state index contributed by atoms with van der Waals surface area (Å²) in [5.41, 5.74) is 7.71. The van der Waals surface area contributed by atoms with E-state index in [1.165, 1.54) is 60.1 Å². The van der Waals surface area contributed by atoms with E-state index in [2.05, 4.69) is 66.4 Å². The standard InChI is InChI=1S/C28H41N3/c1-21(2)25-14-16-26(17-15-25)28(30-18-9-7-8-10-19-30)24(5)31(20-29-6)27-22(3)12-11-13-23(27)4/h11-13,16,20,25,28H,1,5,7-10,14-15,17-19H2,2-4,6H3/b29-20-. The predicted octanol–water partition coefficient (Wildman–Crippen LogP) is 6.83. The molecule has 0 saturated carbocycles. The highest BCUT2D eigenvalue weighted by Gasteiger charge is 2.31. The van der Waals surface area contributed by atoms with Gasteiger partial charge in [0.25, 0.3) is 0 Å². The van der Waals surface area contributed by atoms with Crippen LogP contribution in [0.1, 0.15) is 63.0 Å². The monoisotopic (exact) mass is 419 g/mol. The fourth-order valence-corrected chi connectivity index (χ4v) is 5.27. The van der Waals surface area contributed by atoms with Crippen LogP contribution in [0.2, 0.25) is 0 Å². The zero-order valence-corrected chi connectivity index (χ0v) is 20.2. The Morgan fingerprint density at radius 1 is 1.13 bits per heavy atom. The van der Waals surface area contributed by atoms with Gasteiger partial charge in [-0.15, -0.1) is 0 Å². The molecule has 1 saturated heterocycles. The molecule has 0 bridgehead atoms. The van der Waals surface area contributed by atoms with E-state index in [0.717, 1.165) is 31.6 Å². The first-order valence-electron chi connectivity index (χ1n) is 12.0. The SMILES string of the molecule is C=C(C)C1CC=C(C(C(=C)N(/C=N\C)c2c(C)cccc2C)N2CCCCCC2)CC1. The molecule has 0 N–H and O–H groups in total. The number of likely N-dealkylation sites (tertiary alicyclic amines) is 1. The van der Waals surface area contributed by atoms with Crippen LogP contribution in [-0.2, 0) is 0 Å². The number of benzene rings is 1. The summed E-state index contributed by atoms with van der Waals surface area (Å²) in [7, 11) is 1.85. The molecule has 1 aliphatic carbocycles. The van der Waals surface area contributed by atoms with Crippen molar-refractivity contribution in [2.75, 3.05) is 25.0 Å². The predicted molar refractivity (Wildman–Crippen MR) is 136 cm³/mol. The van der Waals surface area contributed by atoms with E-state index in [-0.39, 0.29) is 6.04 Å². The molecule has 2 aliphatic rings. The molecule has 3 nitrogen and oxygen atoms in total. The summed E-state index contributed by atoms with van der Waals surface area (Å²) in [5, 5.41) is 0. The maximum absolute atomic E-state index is 4.70. The smallest absolute Gasteiger partial charge is 0.0934 e. The first-order chi connectivity index (χ1) is 14.9. The minimum absolute atomic E-state index is 0.237. The highest BCUT2D eigenvalue weighted by atomic mass is 15.2. The van der Waals surface area contributed by atoms with Gasteiger partial charge in [-0.05, 0) is 83.0 Å². The fraction of sp³-hybridized carbons (Fsp3) is 0.536. The molecule has 168 valence electrons. The third kappa shape index (κ3) is 5.57. The first-order valence-corrected chi connectivity index (χ1v) is 12.0. The highest BCUT2D eigenvalue weighted by Crippen LogP contribution is 2.36. The molecule has 1 aromatic rings. The van der Waals surface area contributed by atoms with Crippen LogP contribution in [0.3, 0.4) is 0 Å². The number of hydrogen-bond donors (Lipinski definition) is 0. The summed E-state index contributed by atoms with van der Waals surface area (Å²) >= 11 is 0. The summed E-state index contributed by atoms with van der Waals surface area (Å²) < 4.78 is 0. The second-order valence-corrected chi connectivity index (χ2v) is 9.42. The molecule has 0 radical (unpaired) electrons. The number of rotatable bonds is 7. The Hall–Kier alpha value is -2.13. The lowest BCUT2D eigenvalue weighted by Gasteiger charge is -2.40. The van der Waals surface area contributed by atoms with Gasteiger partial charge in [0.1, 0.15) is 0 Å². The molecule has 3 rings (SSSR count). The maximum Gasteiger partial charge on any atom is 0.0934 e. The van der Waals surface area contributed by atoms with Crippen molar-refractivity contribution in [3.63, 3.8) is 0 Å². The van der Waals surface area contributed by atoms with Crippen LogP contribution in [0, 0.1) is 19.8 Å². The van der Waals surface area contributed by atoms with Crippen molar-refractivity contribution in [1.82, 2.24) is 4.90 Å². The van der Waals surface area contributed by atoms with Crippen molar-refractivity contribution in [2.24, 2.45) is 10.9 Å². The fourth-order valence-electron chi connectivity index (χ4n) is 5.27. The van der Waals surface area contributed by atoms with Gasteiger partial charge in [-0.2, -0.15) is 0 Å². The Labute approximate surface area is 190 Å². The largest absolute Gasteiger partial charge is 0.303 e. The van der Waals surface area contributed by atoms with Gasteiger partial charge in [0.15, 0.2) is 0 Å². The third-order valence-electron chi connectivity index (χ3n) is 7.04. The van der Waals surface area contributed by atoms with Crippen molar-refractivity contribution in [1.29, 1.82) is 0 Å². The summed E-state index contributed by atoms with van der Waals surface area (Å²) in [6.07, 6.45) is 13.1. The van der Waals surface area contributed by atoms with Crippen LogP contribution >= 0.6 is 0 Å². The van der Waals surface area contributed by atoms with E-state index < -0.39 is 0 Å². The first kappa shape index (κ1) is 23.5. The lowest BCUT2D eigenvalue weighted by molar-refractivity contribution is 0.245. The van der Waals surface area contributed by atoms with Crippen molar-refractivity contribution >= 4 is 12.0 Å². The van der Waals surface area contributed by atoms with Crippen molar-refractivity contribution in [2.45, 2.75) is 71.8 Å². The summed E-state index contributed by atoms with van der Waals surface area (Å²) in [5.74, 6) is 0.619. The third-order valence-corrected chi connectivity index (χ3v) is 7.04. The molecular weight excluding hydrogens is 378 g/mol. The van der Waals surface area contributed by atoms with Gasteiger partial charge in [0, 0.05) is 12.7 Å². The Morgan fingerprint density at radius 3 is 2.29 bits per heavy atom. The van der Waals surface area contributed by atoms with Crippen LogP contribution in [0.5, 0.6) is 0 Å². The topological polar surface area (TPSA) is 18.8 Å². The van der Waals surface area contributed by atoms with Gasteiger partial charge in [-0.3, -0.25) is 9.89 Å². The summed E-state index contributed by atoms with van der Waals surface area (Å²) in [6, 6.07) is 6.74. The molecule has 0 spiro atoms.